The van der Waals surface area contributed by atoms with Crippen LogP contribution in [-0.4, -0.2) is 60.8 Å². The van der Waals surface area contributed by atoms with E-state index in [0.717, 1.165) is 18.5 Å². The highest BCUT2D eigenvalue weighted by Gasteiger charge is 2.31. The Morgan fingerprint density at radius 1 is 1.36 bits per heavy atom. The SMILES string of the molecule is CN1CCC(CN(CCO)C2CC2)C1. The summed E-state index contributed by atoms with van der Waals surface area (Å²) in [5, 5.41) is 8.99. The van der Waals surface area contributed by atoms with E-state index in [1.165, 1.54) is 38.9 Å². The molecular formula is C11H22N2O. The minimum atomic E-state index is 0.319. The fourth-order valence-electron chi connectivity index (χ4n) is 2.50. The van der Waals surface area contributed by atoms with E-state index in [4.69, 9.17) is 5.11 Å². The van der Waals surface area contributed by atoms with Gasteiger partial charge in [-0.2, -0.15) is 0 Å². The Hall–Kier alpha value is -0.120. The van der Waals surface area contributed by atoms with Gasteiger partial charge in [0.05, 0.1) is 6.61 Å². The lowest BCUT2D eigenvalue weighted by Crippen LogP contribution is -2.34. The molecule has 1 atom stereocenters. The Morgan fingerprint density at radius 3 is 2.64 bits per heavy atom. The van der Waals surface area contributed by atoms with Crippen LogP contribution < -0.4 is 0 Å². The summed E-state index contributed by atoms with van der Waals surface area (Å²) in [5.41, 5.74) is 0. The van der Waals surface area contributed by atoms with E-state index in [2.05, 4.69) is 16.8 Å². The third-order valence-corrected chi connectivity index (χ3v) is 3.43. The maximum atomic E-state index is 8.99. The summed E-state index contributed by atoms with van der Waals surface area (Å²) in [4.78, 5) is 4.90. The Balaban J connectivity index is 1.75. The third-order valence-electron chi connectivity index (χ3n) is 3.43. The molecule has 1 unspecified atom stereocenters. The zero-order valence-corrected chi connectivity index (χ0v) is 9.15. The monoisotopic (exact) mass is 198 g/mol. The summed E-state index contributed by atoms with van der Waals surface area (Å²) in [6.45, 7) is 4.90. The number of hydrogen-bond acceptors (Lipinski definition) is 3. The molecule has 82 valence electrons. The van der Waals surface area contributed by atoms with Crippen molar-refractivity contribution < 1.29 is 5.11 Å². The van der Waals surface area contributed by atoms with Crippen molar-refractivity contribution in [2.45, 2.75) is 25.3 Å². The van der Waals surface area contributed by atoms with Crippen LogP contribution in [0.1, 0.15) is 19.3 Å². The second-order valence-corrected chi connectivity index (χ2v) is 4.87. The van der Waals surface area contributed by atoms with E-state index in [1.54, 1.807) is 0 Å². The predicted molar refractivity (Wildman–Crippen MR) is 57.3 cm³/mol. The van der Waals surface area contributed by atoms with Crippen LogP contribution in [0.2, 0.25) is 0 Å². The highest BCUT2D eigenvalue weighted by atomic mass is 16.3. The van der Waals surface area contributed by atoms with Gasteiger partial charge in [0, 0.05) is 25.7 Å². The van der Waals surface area contributed by atoms with Crippen LogP contribution >= 0.6 is 0 Å². The first kappa shape index (κ1) is 10.4. The maximum absolute atomic E-state index is 8.99. The quantitative estimate of drug-likeness (QED) is 0.692. The van der Waals surface area contributed by atoms with E-state index < -0.39 is 0 Å². The summed E-state index contributed by atoms with van der Waals surface area (Å²) in [6, 6.07) is 0.799. The van der Waals surface area contributed by atoms with E-state index in [0.29, 0.717) is 6.61 Å². The van der Waals surface area contributed by atoms with Crippen LogP contribution in [-0.2, 0) is 0 Å². The van der Waals surface area contributed by atoms with Gasteiger partial charge < -0.3 is 10.0 Å². The second kappa shape index (κ2) is 4.60. The summed E-state index contributed by atoms with van der Waals surface area (Å²) < 4.78 is 0. The van der Waals surface area contributed by atoms with Crippen molar-refractivity contribution in [3.05, 3.63) is 0 Å². The lowest BCUT2D eigenvalue weighted by atomic mass is 10.1. The molecule has 1 heterocycles. The molecule has 1 saturated carbocycles. The number of aliphatic hydroxyl groups is 1. The number of hydrogen-bond donors (Lipinski definition) is 1. The normalized spacial score (nSPS) is 28.9. The molecule has 0 bridgehead atoms. The Bertz CT molecular complexity index is 182. The molecule has 0 aromatic rings. The Labute approximate surface area is 86.7 Å². The minimum absolute atomic E-state index is 0.319. The fourth-order valence-corrected chi connectivity index (χ4v) is 2.50. The molecule has 1 N–H and O–H groups in total. The number of aliphatic hydroxyl groups excluding tert-OH is 1. The molecule has 2 rings (SSSR count). The molecule has 2 aliphatic rings. The smallest absolute Gasteiger partial charge is 0.0558 e. The molecule has 14 heavy (non-hydrogen) atoms. The van der Waals surface area contributed by atoms with Gasteiger partial charge in [-0.25, -0.2) is 0 Å². The van der Waals surface area contributed by atoms with Gasteiger partial charge in [0.25, 0.3) is 0 Å². The topological polar surface area (TPSA) is 26.7 Å². The van der Waals surface area contributed by atoms with Gasteiger partial charge >= 0.3 is 0 Å². The highest BCUT2D eigenvalue weighted by molar-refractivity contribution is 4.87. The molecule has 1 aliphatic heterocycles. The average Bonchev–Trinajstić information content (AvgIpc) is 2.91. The first-order valence-electron chi connectivity index (χ1n) is 5.83. The van der Waals surface area contributed by atoms with Crippen LogP contribution in [0, 0.1) is 5.92 Å². The van der Waals surface area contributed by atoms with Gasteiger partial charge in [0.1, 0.15) is 0 Å². The molecule has 0 aromatic carbocycles. The molecular weight excluding hydrogens is 176 g/mol. The summed E-state index contributed by atoms with van der Waals surface area (Å²) >= 11 is 0. The third kappa shape index (κ3) is 2.69. The second-order valence-electron chi connectivity index (χ2n) is 4.87. The predicted octanol–water partition coefficient (Wildman–Crippen LogP) is 0.395. The van der Waals surface area contributed by atoms with E-state index in [1.807, 2.05) is 0 Å². The van der Waals surface area contributed by atoms with E-state index in [-0.39, 0.29) is 0 Å². The van der Waals surface area contributed by atoms with Crippen molar-refractivity contribution in [2.75, 3.05) is 39.8 Å². The molecule has 3 nitrogen and oxygen atoms in total. The van der Waals surface area contributed by atoms with E-state index >= 15 is 0 Å². The van der Waals surface area contributed by atoms with Crippen LogP contribution in [0.15, 0.2) is 0 Å². The summed E-state index contributed by atoms with van der Waals surface area (Å²) in [7, 11) is 2.20. The van der Waals surface area contributed by atoms with Crippen LogP contribution in [0.25, 0.3) is 0 Å². The van der Waals surface area contributed by atoms with Crippen molar-refractivity contribution in [1.82, 2.24) is 9.80 Å². The fraction of sp³-hybridized carbons (Fsp3) is 1.00. The van der Waals surface area contributed by atoms with Gasteiger partial charge in [-0.15, -0.1) is 0 Å². The van der Waals surface area contributed by atoms with Crippen molar-refractivity contribution in [3.63, 3.8) is 0 Å². The first-order valence-corrected chi connectivity index (χ1v) is 5.83. The lowest BCUT2D eigenvalue weighted by Gasteiger charge is -2.24. The van der Waals surface area contributed by atoms with Crippen molar-refractivity contribution in [2.24, 2.45) is 5.92 Å². The zero-order chi connectivity index (χ0) is 9.97. The van der Waals surface area contributed by atoms with Crippen LogP contribution in [0.3, 0.4) is 0 Å². The summed E-state index contributed by atoms with van der Waals surface area (Å²) in [5.74, 6) is 0.840. The number of rotatable bonds is 5. The molecule has 0 amide bonds. The van der Waals surface area contributed by atoms with Gasteiger partial charge in [0.2, 0.25) is 0 Å². The Morgan fingerprint density at radius 2 is 2.14 bits per heavy atom. The standard InChI is InChI=1S/C11H22N2O/c1-12-5-4-10(8-12)9-13(6-7-14)11-2-3-11/h10-11,14H,2-9H2,1H3. The van der Waals surface area contributed by atoms with Crippen molar-refractivity contribution in [3.8, 4) is 0 Å². The largest absolute Gasteiger partial charge is 0.395 e. The van der Waals surface area contributed by atoms with Crippen LogP contribution in [0.5, 0.6) is 0 Å². The van der Waals surface area contributed by atoms with Gasteiger partial charge in [-0.05, 0) is 38.8 Å². The van der Waals surface area contributed by atoms with Crippen molar-refractivity contribution in [1.29, 1.82) is 0 Å². The molecule has 0 radical (unpaired) electrons. The summed E-state index contributed by atoms with van der Waals surface area (Å²) in [6.07, 6.45) is 4.04. The maximum Gasteiger partial charge on any atom is 0.0558 e. The molecule has 3 heteroatoms. The van der Waals surface area contributed by atoms with Crippen LogP contribution in [0.4, 0.5) is 0 Å². The molecule has 1 aliphatic carbocycles. The Kier molecular flexibility index (Phi) is 3.42. The number of likely N-dealkylation sites (tertiary alicyclic amines) is 1. The first-order chi connectivity index (χ1) is 6.79. The molecule has 0 aromatic heterocycles. The van der Waals surface area contributed by atoms with E-state index in [9.17, 15) is 0 Å². The van der Waals surface area contributed by atoms with Gasteiger partial charge in [-0.1, -0.05) is 0 Å². The number of nitrogens with zero attached hydrogens (tertiary/aromatic N) is 2. The van der Waals surface area contributed by atoms with Crippen molar-refractivity contribution >= 4 is 0 Å². The average molecular weight is 198 g/mol. The molecule has 2 fully saturated rings. The molecule has 1 saturated heterocycles. The molecule has 0 spiro atoms. The van der Waals surface area contributed by atoms with Gasteiger partial charge in [-0.3, -0.25) is 4.90 Å². The van der Waals surface area contributed by atoms with Gasteiger partial charge in [0.15, 0.2) is 0 Å². The highest BCUT2D eigenvalue weighted by Crippen LogP contribution is 2.28. The zero-order valence-electron chi connectivity index (χ0n) is 9.15. The lowest BCUT2D eigenvalue weighted by molar-refractivity contribution is 0.169. The minimum Gasteiger partial charge on any atom is -0.395 e.